The maximum Gasteiger partial charge on any atom is 0.428 e. The van der Waals surface area contributed by atoms with Gasteiger partial charge in [0.2, 0.25) is 0 Å². The minimum atomic E-state index is -6.82. The summed E-state index contributed by atoms with van der Waals surface area (Å²) >= 11 is 0. The van der Waals surface area contributed by atoms with Crippen LogP contribution in [0, 0.1) is 11.8 Å². The molecule has 6 nitrogen and oxygen atoms in total. The van der Waals surface area contributed by atoms with Gasteiger partial charge in [-0.05, 0) is 24.7 Å². The molecule has 0 aromatic rings. The second kappa shape index (κ2) is 6.48. The Labute approximate surface area is 146 Å². The molecule has 154 valence electrons. The van der Waals surface area contributed by atoms with E-state index in [2.05, 4.69) is 0 Å². The number of piperidine rings is 1. The molecule has 1 aliphatic carbocycles. The molecule has 1 N–H and O–H groups in total. The molecule has 0 radical (unpaired) electrons. The number of halogens is 6. The molecule has 0 aromatic carbocycles. The topological polar surface area (TPSA) is 95.3 Å². The summed E-state index contributed by atoms with van der Waals surface area (Å²) < 4.78 is 127. The van der Waals surface area contributed by atoms with E-state index < -0.39 is 49.6 Å². The molecular formula is C12H17F6N2O4S2-. The van der Waals surface area contributed by atoms with Crippen molar-refractivity contribution in [1.82, 2.24) is 4.31 Å². The van der Waals surface area contributed by atoms with Crippen molar-refractivity contribution in [3.8, 4) is 0 Å². The summed E-state index contributed by atoms with van der Waals surface area (Å²) in [4.78, 5) is 0. The smallest absolute Gasteiger partial charge is 0.428 e. The third kappa shape index (κ3) is 3.11. The van der Waals surface area contributed by atoms with Crippen molar-refractivity contribution in [3.63, 3.8) is 0 Å². The van der Waals surface area contributed by atoms with Crippen LogP contribution in [0.2, 0.25) is 0 Å². The molecule has 0 spiro atoms. The highest BCUT2D eigenvalue weighted by atomic mass is 32.2. The molecular weight excluding hydrogens is 414 g/mol. The fourth-order valence-corrected chi connectivity index (χ4v) is 5.49. The second-order valence-corrected chi connectivity index (χ2v) is 10.1. The Morgan fingerprint density at radius 1 is 0.808 bits per heavy atom. The number of hydrogen-bond acceptors (Lipinski definition) is 4. The first-order chi connectivity index (χ1) is 11.6. The standard InChI is InChI=1S/C12H17F6N2O4S2/c13-10(14,11(15,16)25(19,21)22)12(17,18)26(23,24)20-6-5-8-3-1-2-4-9(8)7-20/h8-9H,1-7H2,(H-,19,21,22)/q-1. The number of hydrogen-bond donors (Lipinski definition) is 0. The van der Waals surface area contributed by atoms with Crippen molar-refractivity contribution in [3.05, 3.63) is 5.14 Å². The molecule has 1 aliphatic heterocycles. The molecule has 2 atom stereocenters. The van der Waals surface area contributed by atoms with E-state index in [0.29, 0.717) is 12.8 Å². The van der Waals surface area contributed by atoms with Crippen molar-refractivity contribution < 1.29 is 43.2 Å². The van der Waals surface area contributed by atoms with Crippen LogP contribution in [0.25, 0.3) is 5.14 Å². The number of nitrogens with one attached hydrogen (secondary N) is 1. The van der Waals surface area contributed by atoms with Gasteiger partial charge in [-0.25, -0.2) is 16.8 Å². The molecule has 0 bridgehead atoms. The Balaban J connectivity index is 2.37. The highest BCUT2D eigenvalue weighted by Crippen LogP contribution is 2.52. The summed E-state index contributed by atoms with van der Waals surface area (Å²) in [5.74, 6) is -7.13. The fraction of sp³-hybridized carbons (Fsp3) is 1.00. The lowest BCUT2D eigenvalue weighted by Gasteiger charge is -2.42. The Morgan fingerprint density at radius 2 is 1.31 bits per heavy atom. The molecule has 2 rings (SSSR count). The van der Waals surface area contributed by atoms with Gasteiger partial charge < -0.3 is 5.14 Å². The van der Waals surface area contributed by atoms with Gasteiger partial charge in [-0.1, -0.05) is 19.3 Å². The van der Waals surface area contributed by atoms with Crippen LogP contribution in [0.4, 0.5) is 26.3 Å². The highest BCUT2D eigenvalue weighted by molar-refractivity contribution is 7.94. The molecule has 2 aliphatic rings. The van der Waals surface area contributed by atoms with Crippen molar-refractivity contribution in [2.45, 2.75) is 48.5 Å². The first kappa shape index (κ1) is 21.7. The minimum absolute atomic E-state index is 0.0278. The van der Waals surface area contributed by atoms with E-state index in [9.17, 15) is 43.2 Å². The van der Waals surface area contributed by atoms with Crippen molar-refractivity contribution in [2.75, 3.05) is 13.1 Å². The summed E-state index contributed by atoms with van der Waals surface area (Å²) in [6.07, 6.45) is 2.93. The number of nitrogens with zero attached hydrogens (tertiary/aromatic N) is 1. The molecule has 26 heavy (non-hydrogen) atoms. The normalized spacial score (nSPS) is 27.2. The third-order valence-corrected chi connectivity index (χ3v) is 7.83. The Hall–Kier alpha value is -0.600. The van der Waals surface area contributed by atoms with Crippen molar-refractivity contribution in [1.29, 1.82) is 0 Å². The van der Waals surface area contributed by atoms with Crippen molar-refractivity contribution >= 4 is 20.0 Å². The van der Waals surface area contributed by atoms with Crippen LogP contribution in [-0.2, 0) is 20.0 Å². The van der Waals surface area contributed by atoms with Gasteiger partial charge in [0, 0.05) is 13.1 Å². The fourth-order valence-electron chi connectivity index (χ4n) is 3.45. The number of sulfonamides is 2. The Morgan fingerprint density at radius 3 is 1.81 bits per heavy atom. The second-order valence-electron chi connectivity index (χ2n) is 6.57. The van der Waals surface area contributed by atoms with E-state index in [-0.39, 0.29) is 22.6 Å². The summed E-state index contributed by atoms with van der Waals surface area (Å²) in [5.41, 5.74) is 0. The molecule has 1 heterocycles. The van der Waals surface area contributed by atoms with Crippen LogP contribution < -0.4 is 0 Å². The van der Waals surface area contributed by atoms with Crippen LogP contribution in [0.1, 0.15) is 32.1 Å². The predicted molar refractivity (Wildman–Crippen MR) is 78.6 cm³/mol. The summed E-state index contributed by atoms with van der Waals surface area (Å²) in [7, 11) is -13.0. The maximum absolute atomic E-state index is 14.0. The minimum Gasteiger partial charge on any atom is -0.559 e. The van der Waals surface area contributed by atoms with E-state index in [4.69, 9.17) is 5.14 Å². The average molecular weight is 431 g/mol. The van der Waals surface area contributed by atoms with Gasteiger partial charge in [0.1, 0.15) is 10.0 Å². The van der Waals surface area contributed by atoms with Gasteiger partial charge in [0.25, 0.3) is 10.0 Å². The van der Waals surface area contributed by atoms with Crippen LogP contribution in [0.3, 0.4) is 0 Å². The lowest BCUT2D eigenvalue weighted by atomic mass is 9.76. The summed E-state index contributed by atoms with van der Waals surface area (Å²) in [5, 5.41) is -6.95. The number of fused-ring (bicyclic) bond motifs is 1. The lowest BCUT2D eigenvalue weighted by molar-refractivity contribution is -0.244. The molecule has 2 unspecified atom stereocenters. The van der Waals surface area contributed by atoms with E-state index in [1.54, 1.807) is 0 Å². The van der Waals surface area contributed by atoms with Gasteiger partial charge in [0.15, 0.2) is 0 Å². The van der Waals surface area contributed by atoms with Gasteiger partial charge >= 0.3 is 16.4 Å². The zero-order valence-electron chi connectivity index (χ0n) is 13.3. The number of alkyl halides is 6. The van der Waals surface area contributed by atoms with E-state index >= 15 is 0 Å². The Bertz CT molecular complexity index is 756. The number of rotatable bonds is 5. The summed E-state index contributed by atoms with van der Waals surface area (Å²) in [6, 6.07) is 0. The van der Waals surface area contributed by atoms with Crippen LogP contribution in [0.5, 0.6) is 0 Å². The molecule has 0 aromatic heterocycles. The van der Waals surface area contributed by atoms with Crippen LogP contribution >= 0.6 is 0 Å². The highest BCUT2D eigenvalue weighted by Gasteiger charge is 2.80. The maximum atomic E-state index is 14.0. The average Bonchev–Trinajstić information content (AvgIpc) is 2.52. The Kier molecular flexibility index (Phi) is 5.41. The van der Waals surface area contributed by atoms with E-state index in [1.807, 2.05) is 0 Å². The SMILES string of the molecule is [NH-]S(=O)(=O)C(F)(F)C(F)(F)C(F)(F)S(=O)(=O)N1CCC2CCCCC2C1. The van der Waals surface area contributed by atoms with E-state index in [0.717, 1.165) is 12.8 Å². The van der Waals surface area contributed by atoms with Gasteiger partial charge in [-0.3, -0.25) is 0 Å². The first-order valence-corrected chi connectivity index (χ1v) is 10.6. The third-order valence-electron chi connectivity index (χ3n) is 4.99. The molecule has 14 heteroatoms. The molecule has 2 fully saturated rings. The molecule has 1 saturated carbocycles. The lowest BCUT2D eigenvalue weighted by Crippen LogP contribution is -2.63. The largest absolute Gasteiger partial charge is 0.559 e. The van der Waals surface area contributed by atoms with Gasteiger partial charge in [0.05, 0.1) is 0 Å². The zero-order valence-corrected chi connectivity index (χ0v) is 14.9. The van der Waals surface area contributed by atoms with Crippen molar-refractivity contribution in [2.24, 2.45) is 11.8 Å². The quantitative estimate of drug-likeness (QED) is 0.625. The zero-order chi connectivity index (χ0) is 20.2. The summed E-state index contributed by atoms with van der Waals surface area (Å²) in [6.45, 7) is -1.06. The molecule has 0 amide bonds. The predicted octanol–water partition coefficient (Wildman–Crippen LogP) is 3.03. The first-order valence-electron chi connectivity index (χ1n) is 7.69. The molecule has 1 saturated heterocycles. The van der Waals surface area contributed by atoms with Crippen LogP contribution in [-0.4, -0.2) is 50.7 Å². The van der Waals surface area contributed by atoms with E-state index in [1.165, 1.54) is 0 Å². The monoisotopic (exact) mass is 431 g/mol. The van der Waals surface area contributed by atoms with Gasteiger partial charge in [-0.2, -0.15) is 30.6 Å². The van der Waals surface area contributed by atoms with Gasteiger partial charge in [-0.15, -0.1) is 0 Å². The van der Waals surface area contributed by atoms with Crippen LogP contribution in [0.15, 0.2) is 0 Å².